The fourth-order valence-electron chi connectivity index (χ4n) is 5.44. The number of ether oxygens (including phenoxy) is 1. The second kappa shape index (κ2) is 25.2. The van der Waals surface area contributed by atoms with Crippen LogP contribution in [0, 0.1) is 0 Å². The first-order valence-electron chi connectivity index (χ1n) is 17.5. The van der Waals surface area contributed by atoms with Crippen LogP contribution in [-0.2, 0) is 17.6 Å². The van der Waals surface area contributed by atoms with E-state index in [0.29, 0.717) is 0 Å². The minimum absolute atomic E-state index is 0.00906. The highest BCUT2D eigenvalue weighted by atomic mass is 16.5. The summed E-state index contributed by atoms with van der Waals surface area (Å²) in [5, 5.41) is 39.5. The van der Waals surface area contributed by atoms with Crippen LogP contribution in [0.3, 0.4) is 0 Å². The number of rotatable bonds is 24. The lowest BCUT2D eigenvalue weighted by molar-refractivity contribution is 0.0295. The Balaban J connectivity index is 1.86. The Morgan fingerprint density at radius 1 is 0.489 bits per heavy atom. The minimum Gasteiger partial charge on any atom is -0.504 e. The van der Waals surface area contributed by atoms with E-state index in [1.807, 2.05) is 74.6 Å². The molecule has 0 spiro atoms. The van der Waals surface area contributed by atoms with E-state index in [1.165, 1.54) is 12.1 Å². The summed E-state index contributed by atoms with van der Waals surface area (Å²) in [6.07, 6.45) is 39.1. The first-order chi connectivity index (χ1) is 23.0. The van der Waals surface area contributed by atoms with Gasteiger partial charge in [-0.3, -0.25) is 0 Å². The number of benzene rings is 2. The Labute approximate surface area is 284 Å². The normalized spacial score (nSPS) is 13.8. The van der Waals surface area contributed by atoms with Crippen molar-refractivity contribution >= 4 is 0 Å². The van der Waals surface area contributed by atoms with Crippen LogP contribution in [-0.4, -0.2) is 32.6 Å². The van der Waals surface area contributed by atoms with Gasteiger partial charge in [-0.15, -0.1) is 0 Å². The minimum atomic E-state index is -0.0487. The fourth-order valence-corrected chi connectivity index (χ4v) is 5.44. The average molecular weight is 643 g/mol. The van der Waals surface area contributed by atoms with Gasteiger partial charge < -0.3 is 25.2 Å². The molecule has 5 heteroatoms. The molecule has 2 atom stereocenters. The van der Waals surface area contributed by atoms with Crippen molar-refractivity contribution in [3.63, 3.8) is 0 Å². The molecule has 5 nitrogen and oxygen atoms in total. The van der Waals surface area contributed by atoms with Crippen molar-refractivity contribution in [3.8, 4) is 23.0 Å². The molecule has 0 bridgehead atoms. The molecule has 0 aliphatic rings. The van der Waals surface area contributed by atoms with Gasteiger partial charge in [-0.05, 0) is 75.6 Å². The Hall–Kier alpha value is -3.96. The second-order valence-electron chi connectivity index (χ2n) is 12.0. The quantitative estimate of drug-likeness (QED) is 0.0520. The van der Waals surface area contributed by atoms with Crippen molar-refractivity contribution in [2.24, 2.45) is 0 Å². The fraction of sp³-hybridized carbons (Fsp3) is 0.429. The first kappa shape index (κ1) is 39.2. The molecule has 2 unspecified atom stereocenters. The van der Waals surface area contributed by atoms with E-state index in [0.717, 1.165) is 101 Å². The number of phenolic OH excluding ortho intramolecular Hbond substituents is 4. The van der Waals surface area contributed by atoms with Crippen molar-refractivity contribution in [3.05, 3.63) is 120 Å². The Bertz CT molecular complexity index is 1200. The van der Waals surface area contributed by atoms with Gasteiger partial charge in [0, 0.05) is 0 Å². The predicted molar refractivity (Wildman–Crippen MR) is 197 cm³/mol. The molecule has 47 heavy (non-hydrogen) atoms. The van der Waals surface area contributed by atoms with Crippen molar-refractivity contribution in [2.45, 2.75) is 116 Å². The summed E-state index contributed by atoms with van der Waals surface area (Å²) in [5.74, 6) is -0.0793. The van der Waals surface area contributed by atoms with Crippen molar-refractivity contribution in [1.29, 1.82) is 0 Å². The molecular weight excluding hydrogens is 584 g/mol. The smallest absolute Gasteiger partial charge is 0.160 e. The standard InChI is InChI=1S/C42H58O5/c1-3-5-7-11-19-29-37(31-21-15-9-13-17-25-35-27-23-33-39(43)41(35)45)47-38(30-20-12-8-6-4-2)32-22-16-10-14-18-26-36-28-24-34-40(44)42(36)46/h3-8,11-12,19-20,23-24,27-30,33-34,37-38,43-46H,9-10,13-18,21-22,25-26,31-32H2,1-2H3. The van der Waals surface area contributed by atoms with Gasteiger partial charge in [0.25, 0.3) is 0 Å². The van der Waals surface area contributed by atoms with Crippen LogP contribution in [0.1, 0.15) is 102 Å². The van der Waals surface area contributed by atoms with E-state index < -0.39 is 0 Å². The van der Waals surface area contributed by atoms with Crippen molar-refractivity contribution < 1.29 is 25.2 Å². The molecule has 0 aliphatic heterocycles. The molecule has 0 amide bonds. The Morgan fingerprint density at radius 2 is 0.872 bits per heavy atom. The average Bonchev–Trinajstić information content (AvgIpc) is 3.06. The lowest BCUT2D eigenvalue weighted by atomic mass is 10.0. The van der Waals surface area contributed by atoms with E-state index in [2.05, 4.69) is 24.3 Å². The van der Waals surface area contributed by atoms with E-state index in [4.69, 9.17) is 4.74 Å². The summed E-state index contributed by atoms with van der Waals surface area (Å²) in [5.41, 5.74) is 1.62. The molecule has 2 rings (SSSR count). The van der Waals surface area contributed by atoms with Crippen molar-refractivity contribution in [2.75, 3.05) is 0 Å². The molecule has 2 aromatic rings. The lowest BCUT2D eigenvalue weighted by Crippen LogP contribution is -2.19. The summed E-state index contributed by atoms with van der Waals surface area (Å²) in [7, 11) is 0. The largest absolute Gasteiger partial charge is 0.504 e. The summed E-state index contributed by atoms with van der Waals surface area (Å²) in [6.45, 7) is 4.02. The first-order valence-corrected chi connectivity index (χ1v) is 17.5. The van der Waals surface area contributed by atoms with Gasteiger partial charge in [0.05, 0.1) is 12.2 Å². The van der Waals surface area contributed by atoms with E-state index in [1.54, 1.807) is 12.1 Å². The monoisotopic (exact) mass is 642 g/mol. The molecule has 0 saturated heterocycles. The van der Waals surface area contributed by atoms with Crippen LogP contribution >= 0.6 is 0 Å². The summed E-state index contributed by atoms with van der Waals surface area (Å²) < 4.78 is 6.70. The molecule has 2 aromatic carbocycles. The van der Waals surface area contributed by atoms with E-state index >= 15 is 0 Å². The predicted octanol–water partition coefficient (Wildman–Crippen LogP) is 11.1. The maximum Gasteiger partial charge on any atom is 0.160 e. The van der Waals surface area contributed by atoms with E-state index in [-0.39, 0.29) is 35.2 Å². The Morgan fingerprint density at radius 3 is 1.30 bits per heavy atom. The van der Waals surface area contributed by atoms with Crippen LogP contribution in [0.2, 0.25) is 0 Å². The van der Waals surface area contributed by atoms with Gasteiger partial charge in [0.1, 0.15) is 0 Å². The maximum atomic E-state index is 10.0. The van der Waals surface area contributed by atoms with Gasteiger partial charge >= 0.3 is 0 Å². The van der Waals surface area contributed by atoms with Crippen molar-refractivity contribution in [1.82, 2.24) is 0 Å². The lowest BCUT2D eigenvalue weighted by Gasteiger charge is -2.21. The zero-order valence-corrected chi connectivity index (χ0v) is 28.6. The second-order valence-corrected chi connectivity index (χ2v) is 12.0. The zero-order chi connectivity index (χ0) is 34.0. The van der Waals surface area contributed by atoms with Crippen LogP contribution < -0.4 is 0 Å². The third-order valence-corrected chi connectivity index (χ3v) is 8.12. The van der Waals surface area contributed by atoms with Gasteiger partial charge in [0.15, 0.2) is 23.0 Å². The molecule has 256 valence electrons. The number of unbranched alkanes of at least 4 members (excludes halogenated alkanes) is 8. The van der Waals surface area contributed by atoms with Crippen LogP contribution in [0.25, 0.3) is 0 Å². The highest BCUT2D eigenvalue weighted by molar-refractivity contribution is 5.45. The summed E-state index contributed by atoms with van der Waals surface area (Å²) in [6, 6.07) is 10.3. The molecule has 0 heterocycles. The van der Waals surface area contributed by atoms with Crippen LogP contribution in [0.4, 0.5) is 0 Å². The topological polar surface area (TPSA) is 90.2 Å². The number of allylic oxidation sites excluding steroid dienone is 10. The number of hydrogen-bond donors (Lipinski definition) is 4. The molecule has 0 aliphatic carbocycles. The van der Waals surface area contributed by atoms with Gasteiger partial charge in [0.2, 0.25) is 0 Å². The highest BCUT2D eigenvalue weighted by Gasteiger charge is 2.13. The Kier molecular flexibility index (Phi) is 21.0. The summed E-state index contributed by atoms with van der Waals surface area (Å²) in [4.78, 5) is 0. The number of aryl methyl sites for hydroxylation is 2. The number of hydrogen-bond acceptors (Lipinski definition) is 5. The SMILES string of the molecule is CC=CC=CC=CC(CCCCCCCc1cccc(O)c1O)OC(C=CC=CC=CC)CCCCCCCc1cccc(O)c1O. The molecule has 0 aromatic heterocycles. The molecule has 0 saturated carbocycles. The number of para-hydroxylation sites is 2. The van der Waals surface area contributed by atoms with Gasteiger partial charge in [-0.2, -0.15) is 0 Å². The van der Waals surface area contributed by atoms with Crippen LogP contribution in [0.15, 0.2) is 109 Å². The van der Waals surface area contributed by atoms with Gasteiger partial charge in [-0.25, -0.2) is 0 Å². The molecule has 0 fully saturated rings. The van der Waals surface area contributed by atoms with Gasteiger partial charge in [-0.1, -0.05) is 149 Å². The zero-order valence-electron chi connectivity index (χ0n) is 28.6. The molecular formula is C42H58O5. The van der Waals surface area contributed by atoms with Crippen LogP contribution in [0.5, 0.6) is 23.0 Å². The highest BCUT2D eigenvalue weighted by Crippen LogP contribution is 2.30. The summed E-state index contributed by atoms with van der Waals surface area (Å²) >= 11 is 0. The number of aromatic hydroxyl groups is 4. The molecule has 4 N–H and O–H groups in total. The third-order valence-electron chi connectivity index (χ3n) is 8.12. The number of phenols is 4. The third kappa shape index (κ3) is 17.5. The van der Waals surface area contributed by atoms with E-state index in [9.17, 15) is 20.4 Å². The maximum absolute atomic E-state index is 10.0. The molecule has 0 radical (unpaired) electrons.